The Bertz CT molecular complexity index is 920. The molecule has 0 amide bonds. The molecule has 2 fully saturated rings. The highest BCUT2D eigenvalue weighted by atomic mass is 35.5. The third-order valence-corrected chi connectivity index (χ3v) is 5.75. The highest BCUT2D eigenvalue weighted by Crippen LogP contribution is 2.52. The molecule has 0 radical (unpaired) electrons. The largest absolute Gasteiger partial charge is 0.465 e. The first-order valence-electron chi connectivity index (χ1n) is 8.75. The molecule has 1 aliphatic heterocycles. The van der Waals surface area contributed by atoms with Crippen molar-refractivity contribution in [2.24, 2.45) is 5.41 Å². The van der Waals surface area contributed by atoms with Crippen molar-refractivity contribution < 1.29 is 9.53 Å². The van der Waals surface area contributed by atoms with Crippen LogP contribution in [-0.4, -0.2) is 35.9 Å². The smallest absolute Gasteiger partial charge is 0.340 e. The second-order valence-electron chi connectivity index (χ2n) is 7.09. The molecule has 7 heteroatoms. The van der Waals surface area contributed by atoms with Gasteiger partial charge < -0.3 is 9.64 Å². The summed E-state index contributed by atoms with van der Waals surface area (Å²) in [5.74, 6) is -0.527. The van der Waals surface area contributed by atoms with E-state index in [1.54, 1.807) is 30.5 Å². The van der Waals surface area contributed by atoms with E-state index in [-0.39, 0.29) is 10.6 Å². The van der Waals surface area contributed by atoms with E-state index in [2.05, 4.69) is 10.00 Å². The van der Waals surface area contributed by atoms with Gasteiger partial charge >= 0.3 is 5.97 Å². The maximum atomic E-state index is 12.9. The molecule has 1 aromatic heterocycles. The number of benzene rings is 1. The molecule has 1 saturated carbocycles. The zero-order chi connectivity index (χ0) is 18.3. The van der Waals surface area contributed by atoms with E-state index in [0.29, 0.717) is 16.8 Å². The number of aromatic nitrogens is 2. The number of rotatable bonds is 3. The third-order valence-electron chi connectivity index (χ3n) is 5.40. The zero-order valence-corrected chi connectivity index (χ0v) is 15.3. The molecular formula is C19H20ClN3O3. The lowest BCUT2D eigenvalue weighted by Gasteiger charge is -2.34. The quantitative estimate of drug-likeness (QED) is 0.774. The second kappa shape index (κ2) is 6.43. The minimum Gasteiger partial charge on any atom is -0.465 e. The molecule has 0 atom stereocenters. The Kier molecular flexibility index (Phi) is 4.23. The minimum atomic E-state index is -0.527. The molecule has 2 heterocycles. The Morgan fingerprint density at radius 2 is 2.00 bits per heavy atom. The highest BCUT2D eigenvalue weighted by Gasteiger charge is 2.45. The number of esters is 1. The molecule has 6 nitrogen and oxygen atoms in total. The Balaban J connectivity index is 1.74. The van der Waals surface area contributed by atoms with Crippen molar-refractivity contribution in [1.82, 2.24) is 9.78 Å². The fourth-order valence-electron chi connectivity index (χ4n) is 3.76. The Labute approximate surface area is 156 Å². The topological polar surface area (TPSA) is 64.4 Å². The summed E-state index contributed by atoms with van der Waals surface area (Å²) in [5.41, 5.74) is 1.28. The lowest BCUT2D eigenvalue weighted by molar-refractivity contribution is 0.0600. The van der Waals surface area contributed by atoms with Crippen LogP contribution in [-0.2, 0) is 4.74 Å². The van der Waals surface area contributed by atoms with Crippen LogP contribution >= 0.6 is 11.6 Å². The Hall–Kier alpha value is -2.34. The molecule has 0 N–H and O–H groups in total. The first-order chi connectivity index (χ1) is 12.5. The molecular weight excluding hydrogens is 354 g/mol. The van der Waals surface area contributed by atoms with Crippen molar-refractivity contribution in [2.75, 3.05) is 25.1 Å². The molecule has 2 aromatic rings. The van der Waals surface area contributed by atoms with Gasteiger partial charge in [-0.3, -0.25) is 4.79 Å². The third kappa shape index (κ3) is 2.88. The van der Waals surface area contributed by atoms with Crippen LogP contribution in [0.1, 0.15) is 36.0 Å². The lowest BCUT2D eigenvalue weighted by atomic mass is 9.95. The summed E-state index contributed by atoms with van der Waals surface area (Å²) < 4.78 is 5.96. The van der Waals surface area contributed by atoms with Crippen molar-refractivity contribution >= 4 is 23.3 Å². The van der Waals surface area contributed by atoms with Gasteiger partial charge in [-0.1, -0.05) is 23.7 Å². The molecule has 1 saturated heterocycles. The number of nitrogens with zero attached hydrogens (tertiary/aromatic N) is 3. The zero-order valence-electron chi connectivity index (χ0n) is 14.6. The van der Waals surface area contributed by atoms with Gasteiger partial charge in [0.2, 0.25) is 0 Å². The van der Waals surface area contributed by atoms with Crippen molar-refractivity contribution in [1.29, 1.82) is 0 Å². The van der Waals surface area contributed by atoms with Crippen LogP contribution < -0.4 is 10.5 Å². The molecule has 0 bridgehead atoms. The molecule has 1 aliphatic carbocycles. The average Bonchev–Trinajstić information content (AvgIpc) is 3.41. The molecule has 2 aliphatic rings. The number of hydrogen-bond donors (Lipinski definition) is 0. The molecule has 1 spiro atoms. The van der Waals surface area contributed by atoms with Gasteiger partial charge in [-0.25, -0.2) is 4.79 Å². The van der Waals surface area contributed by atoms with Gasteiger partial charge in [-0.05, 0) is 43.2 Å². The van der Waals surface area contributed by atoms with Crippen LogP contribution in [0, 0.1) is 5.41 Å². The lowest BCUT2D eigenvalue weighted by Crippen LogP contribution is -2.38. The first-order valence-corrected chi connectivity index (χ1v) is 9.13. The normalized spacial score (nSPS) is 18.0. The van der Waals surface area contributed by atoms with Crippen LogP contribution in [0.4, 0.5) is 5.69 Å². The van der Waals surface area contributed by atoms with Gasteiger partial charge in [-0.15, -0.1) is 0 Å². The van der Waals surface area contributed by atoms with Gasteiger partial charge in [-0.2, -0.15) is 9.78 Å². The Morgan fingerprint density at radius 3 is 2.73 bits per heavy atom. The fraction of sp³-hybridized carbons (Fsp3) is 0.421. The summed E-state index contributed by atoms with van der Waals surface area (Å²) in [7, 11) is 1.30. The summed E-state index contributed by atoms with van der Waals surface area (Å²) in [6.07, 6.45) is 6.47. The number of piperidine rings is 1. The van der Waals surface area contributed by atoms with E-state index < -0.39 is 11.5 Å². The second-order valence-corrected chi connectivity index (χ2v) is 7.47. The number of carbonyl (C=O) groups is 1. The Morgan fingerprint density at radius 1 is 1.23 bits per heavy atom. The predicted molar refractivity (Wildman–Crippen MR) is 99.3 cm³/mol. The van der Waals surface area contributed by atoms with Gasteiger partial charge in [0.25, 0.3) is 5.56 Å². The highest BCUT2D eigenvalue weighted by molar-refractivity contribution is 6.33. The van der Waals surface area contributed by atoms with E-state index >= 15 is 0 Å². The monoisotopic (exact) mass is 373 g/mol. The SMILES string of the molecule is COC(=O)c1ccccc1-n1ncc(N2CCCC3(CC3)C2)c(Cl)c1=O. The number of ether oxygens (including phenoxy) is 1. The van der Waals surface area contributed by atoms with E-state index in [1.807, 2.05) is 0 Å². The van der Waals surface area contributed by atoms with Gasteiger partial charge in [0, 0.05) is 13.1 Å². The standard InChI is InChI=1S/C19H20ClN3O3/c1-26-18(25)13-5-2-3-6-14(13)23-17(24)16(20)15(11-21-23)22-10-4-7-19(12-22)8-9-19/h2-3,5-6,11H,4,7-10,12H2,1H3. The summed E-state index contributed by atoms with van der Waals surface area (Å²) in [4.78, 5) is 27.0. The van der Waals surface area contributed by atoms with Crippen LogP contribution in [0.5, 0.6) is 0 Å². The number of methoxy groups -OCH3 is 1. The molecule has 4 rings (SSSR count). The van der Waals surface area contributed by atoms with E-state index in [0.717, 1.165) is 24.2 Å². The first kappa shape index (κ1) is 17.1. The van der Waals surface area contributed by atoms with Gasteiger partial charge in [0.05, 0.1) is 30.2 Å². The van der Waals surface area contributed by atoms with Crippen molar-refractivity contribution in [2.45, 2.75) is 25.7 Å². The van der Waals surface area contributed by atoms with Crippen molar-refractivity contribution in [3.8, 4) is 5.69 Å². The summed E-state index contributed by atoms with van der Waals surface area (Å²) in [6.45, 7) is 1.81. The fourth-order valence-corrected chi connectivity index (χ4v) is 4.00. The molecule has 136 valence electrons. The number of halogens is 1. The number of hydrogen-bond acceptors (Lipinski definition) is 5. The minimum absolute atomic E-state index is 0.136. The van der Waals surface area contributed by atoms with Crippen molar-refractivity contribution in [3.05, 3.63) is 51.4 Å². The number of para-hydroxylation sites is 1. The van der Waals surface area contributed by atoms with Gasteiger partial charge in [0.1, 0.15) is 5.02 Å². The molecule has 1 aromatic carbocycles. The van der Waals surface area contributed by atoms with Crippen LogP contribution in [0.2, 0.25) is 5.02 Å². The van der Waals surface area contributed by atoms with E-state index in [1.165, 1.54) is 26.4 Å². The van der Waals surface area contributed by atoms with Crippen LogP contribution in [0.25, 0.3) is 5.69 Å². The van der Waals surface area contributed by atoms with Crippen molar-refractivity contribution in [3.63, 3.8) is 0 Å². The van der Waals surface area contributed by atoms with Gasteiger partial charge in [0.15, 0.2) is 0 Å². The summed E-state index contributed by atoms with van der Waals surface area (Å²) in [6, 6.07) is 6.69. The maximum Gasteiger partial charge on any atom is 0.340 e. The van der Waals surface area contributed by atoms with Crippen LogP contribution in [0.15, 0.2) is 35.3 Å². The molecule has 26 heavy (non-hydrogen) atoms. The summed E-state index contributed by atoms with van der Waals surface area (Å²) >= 11 is 6.43. The van der Waals surface area contributed by atoms with E-state index in [9.17, 15) is 9.59 Å². The molecule has 0 unspecified atom stereocenters. The number of carbonyl (C=O) groups excluding carboxylic acids is 1. The predicted octanol–water partition coefficient (Wildman–Crippen LogP) is 3.05. The average molecular weight is 374 g/mol. The van der Waals surface area contributed by atoms with Crippen LogP contribution in [0.3, 0.4) is 0 Å². The summed E-state index contributed by atoms with van der Waals surface area (Å²) in [5, 5.41) is 4.44. The number of anilines is 1. The maximum absolute atomic E-state index is 12.9. The van der Waals surface area contributed by atoms with E-state index in [4.69, 9.17) is 16.3 Å².